The van der Waals surface area contributed by atoms with E-state index in [1.165, 1.54) is 24.6 Å². The molecule has 0 bridgehead atoms. The number of benzene rings is 1. The highest BCUT2D eigenvalue weighted by molar-refractivity contribution is 8.26. The number of aromatic nitrogens is 1. The third kappa shape index (κ3) is 3.73. The van der Waals surface area contributed by atoms with Gasteiger partial charge in [0.1, 0.15) is 10.9 Å². The normalized spacial score (nSPS) is 19.3. The molecule has 5 nitrogen and oxygen atoms in total. The highest BCUT2D eigenvalue weighted by Crippen LogP contribution is 2.34. The van der Waals surface area contributed by atoms with E-state index in [4.69, 9.17) is 12.2 Å². The van der Waals surface area contributed by atoms with Crippen LogP contribution in [0.15, 0.2) is 35.4 Å². The highest BCUT2D eigenvalue weighted by atomic mass is 32.2. The summed E-state index contributed by atoms with van der Waals surface area (Å²) in [5.41, 5.74) is 1.92. The van der Waals surface area contributed by atoms with E-state index in [0.29, 0.717) is 21.8 Å². The zero-order valence-corrected chi connectivity index (χ0v) is 17.4. The van der Waals surface area contributed by atoms with Gasteiger partial charge in [-0.2, -0.15) is 0 Å². The maximum Gasteiger partial charge on any atom is 0.266 e. The Hall–Kier alpha value is -2.12. The Morgan fingerprint density at radius 1 is 1.32 bits per heavy atom. The van der Waals surface area contributed by atoms with Gasteiger partial charge in [0.2, 0.25) is 5.91 Å². The molecule has 7 heteroatoms. The first-order valence-electron chi connectivity index (χ1n) is 9.69. The van der Waals surface area contributed by atoms with Gasteiger partial charge in [0.05, 0.1) is 4.91 Å². The fourth-order valence-corrected chi connectivity index (χ4v) is 5.31. The molecule has 2 amide bonds. The van der Waals surface area contributed by atoms with Crippen LogP contribution in [-0.4, -0.2) is 38.2 Å². The van der Waals surface area contributed by atoms with Crippen LogP contribution in [0.4, 0.5) is 0 Å². The van der Waals surface area contributed by atoms with Gasteiger partial charge in [-0.1, -0.05) is 55.0 Å². The molecule has 2 heterocycles. The number of hydrogen-bond donors (Lipinski definition) is 1. The predicted molar refractivity (Wildman–Crippen MR) is 118 cm³/mol. The van der Waals surface area contributed by atoms with E-state index < -0.39 is 0 Å². The average Bonchev–Trinajstić information content (AvgIpc) is 3.36. The Balaban J connectivity index is 1.61. The molecule has 2 fully saturated rings. The molecule has 146 valence electrons. The molecular weight excluding hydrogens is 390 g/mol. The van der Waals surface area contributed by atoms with E-state index in [1.54, 1.807) is 4.90 Å². The van der Waals surface area contributed by atoms with E-state index in [2.05, 4.69) is 5.32 Å². The van der Waals surface area contributed by atoms with Crippen molar-refractivity contribution in [2.75, 3.05) is 6.54 Å². The lowest BCUT2D eigenvalue weighted by Crippen LogP contribution is -2.35. The number of nitrogens with zero attached hydrogens (tertiary/aromatic N) is 2. The summed E-state index contributed by atoms with van der Waals surface area (Å²) in [6.07, 6.45) is 8.38. The fourth-order valence-electron chi connectivity index (χ4n) is 3.93. The van der Waals surface area contributed by atoms with Crippen LogP contribution in [-0.2, 0) is 16.1 Å². The lowest BCUT2D eigenvalue weighted by Gasteiger charge is -2.12. The molecule has 1 aliphatic heterocycles. The Labute approximate surface area is 174 Å². The van der Waals surface area contributed by atoms with Crippen molar-refractivity contribution in [3.8, 4) is 0 Å². The number of hydrogen-bond acceptors (Lipinski definition) is 4. The topological polar surface area (TPSA) is 54.3 Å². The molecule has 2 aromatic rings. The van der Waals surface area contributed by atoms with Crippen LogP contribution in [0.25, 0.3) is 17.0 Å². The summed E-state index contributed by atoms with van der Waals surface area (Å²) in [5.74, 6) is -0.00943. The summed E-state index contributed by atoms with van der Waals surface area (Å²) in [6.45, 7) is 2.77. The molecule has 2 aliphatic rings. The zero-order chi connectivity index (χ0) is 19.7. The van der Waals surface area contributed by atoms with Crippen molar-refractivity contribution in [3.63, 3.8) is 0 Å². The third-order valence-corrected chi connectivity index (χ3v) is 6.71. The molecule has 1 saturated heterocycles. The molecule has 1 aromatic carbocycles. The predicted octanol–water partition coefficient (Wildman–Crippen LogP) is 3.92. The number of thiocarbonyl (C=S) groups is 1. The molecular formula is C21H23N3O2S2. The van der Waals surface area contributed by atoms with E-state index in [0.717, 1.165) is 29.3 Å². The number of likely N-dealkylation sites (N-methyl/N-ethyl adjacent to an activating group) is 1. The first-order chi connectivity index (χ1) is 13.6. The van der Waals surface area contributed by atoms with Crippen molar-refractivity contribution in [3.05, 3.63) is 40.9 Å². The van der Waals surface area contributed by atoms with Gasteiger partial charge in [0.15, 0.2) is 0 Å². The number of fused-ring (bicyclic) bond motifs is 1. The molecule has 0 spiro atoms. The SMILES string of the molecule is CCN1C(=O)/C(=C/c2cn(CC(=O)NC3CCCC3)c3ccccc23)SC1=S. The van der Waals surface area contributed by atoms with Crippen molar-refractivity contribution in [1.29, 1.82) is 0 Å². The minimum absolute atomic E-state index is 0.0384. The van der Waals surface area contributed by atoms with Crippen molar-refractivity contribution < 1.29 is 9.59 Å². The van der Waals surface area contributed by atoms with Crippen LogP contribution in [0.1, 0.15) is 38.2 Å². The summed E-state index contributed by atoms with van der Waals surface area (Å²) in [7, 11) is 0. The standard InChI is InChI=1S/C21H23N3O2S2/c1-2-24-20(26)18(28-21(24)27)11-14-12-23(17-10-6-5-9-16(14)17)13-19(25)22-15-7-3-4-8-15/h5-6,9-12,15H,2-4,7-8,13H2,1H3,(H,22,25)/b18-11-. The van der Waals surface area contributed by atoms with Crippen LogP contribution in [0.2, 0.25) is 0 Å². The van der Waals surface area contributed by atoms with Crippen LogP contribution in [0, 0.1) is 0 Å². The molecule has 4 rings (SSSR count). The van der Waals surface area contributed by atoms with Gasteiger partial charge in [-0.05, 0) is 31.9 Å². The van der Waals surface area contributed by atoms with E-state index >= 15 is 0 Å². The molecule has 1 aromatic heterocycles. The number of thioether (sulfide) groups is 1. The van der Waals surface area contributed by atoms with Gasteiger partial charge in [-0.15, -0.1) is 0 Å². The maximum atomic E-state index is 12.5. The van der Waals surface area contributed by atoms with Crippen LogP contribution in [0.5, 0.6) is 0 Å². The summed E-state index contributed by atoms with van der Waals surface area (Å²) >= 11 is 6.64. The Morgan fingerprint density at radius 2 is 2.07 bits per heavy atom. The summed E-state index contributed by atoms with van der Waals surface area (Å²) < 4.78 is 2.56. The fraction of sp³-hybridized carbons (Fsp3) is 0.381. The van der Waals surface area contributed by atoms with Crippen molar-refractivity contribution >= 4 is 57.1 Å². The third-order valence-electron chi connectivity index (χ3n) is 5.33. The van der Waals surface area contributed by atoms with E-state index in [9.17, 15) is 9.59 Å². The zero-order valence-electron chi connectivity index (χ0n) is 15.8. The highest BCUT2D eigenvalue weighted by Gasteiger charge is 2.31. The molecule has 1 N–H and O–H groups in total. The summed E-state index contributed by atoms with van der Waals surface area (Å²) in [4.78, 5) is 27.3. The number of para-hydroxylation sites is 1. The smallest absolute Gasteiger partial charge is 0.266 e. The lowest BCUT2D eigenvalue weighted by molar-refractivity contribution is -0.123. The second-order valence-electron chi connectivity index (χ2n) is 7.20. The molecule has 0 radical (unpaired) electrons. The van der Waals surface area contributed by atoms with Crippen LogP contribution >= 0.6 is 24.0 Å². The minimum atomic E-state index is -0.0479. The van der Waals surface area contributed by atoms with Crippen LogP contribution < -0.4 is 5.32 Å². The Kier molecular flexibility index (Phi) is 5.55. The average molecular weight is 414 g/mol. The number of carbonyl (C=O) groups is 2. The largest absolute Gasteiger partial charge is 0.352 e. The quantitative estimate of drug-likeness (QED) is 0.596. The van der Waals surface area contributed by atoms with Gasteiger partial charge < -0.3 is 9.88 Å². The number of rotatable bonds is 5. The molecule has 0 unspecified atom stereocenters. The second kappa shape index (κ2) is 8.09. The number of nitrogens with one attached hydrogen (secondary N) is 1. The van der Waals surface area contributed by atoms with E-state index in [-0.39, 0.29) is 18.4 Å². The Bertz CT molecular complexity index is 973. The second-order valence-corrected chi connectivity index (χ2v) is 8.88. The Morgan fingerprint density at radius 3 is 2.79 bits per heavy atom. The number of carbonyl (C=O) groups excluding carboxylic acids is 2. The summed E-state index contributed by atoms with van der Waals surface area (Å²) in [5, 5.41) is 4.17. The lowest BCUT2D eigenvalue weighted by atomic mass is 10.1. The molecule has 28 heavy (non-hydrogen) atoms. The first kappa shape index (κ1) is 19.2. The van der Waals surface area contributed by atoms with Gasteiger partial charge in [0, 0.05) is 35.2 Å². The van der Waals surface area contributed by atoms with Crippen molar-refractivity contribution in [2.24, 2.45) is 0 Å². The molecule has 1 saturated carbocycles. The van der Waals surface area contributed by atoms with Gasteiger partial charge >= 0.3 is 0 Å². The first-order valence-corrected chi connectivity index (χ1v) is 10.9. The van der Waals surface area contributed by atoms with E-state index in [1.807, 2.05) is 48.0 Å². The van der Waals surface area contributed by atoms with Gasteiger partial charge in [0.25, 0.3) is 5.91 Å². The van der Waals surface area contributed by atoms with Crippen LogP contribution in [0.3, 0.4) is 0 Å². The molecule has 0 atom stereocenters. The maximum absolute atomic E-state index is 12.5. The number of amides is 2. The summed E-state index contributed by atoms with van der Waals surface area (Å²) in [6, 6.07) is 8.28. The van der Waals surface area contributed by atoms with Gasteiger partial charge in [-0.3, -0.25) is 14.5 Å². The van der Waals surface area contributed by atoms with Crippen molar-refractivity contribution in [2.45, 2.75) is 45.2 Å². The van der Waals surface area contributed by atoms with Crippen molar-refractivity contribution in [1.82, 2.24) is 14.8 Å². The molecule has 1 aliphatic carbocycles. The monoisotopic (exact) mass is 413 g/mol. The van der Waals surface area contributed by atoms with Gasteiger partial charge in [-0.25, -0.2) is 0 Å². The minimum Gasteiger partial charge on any atom is -0.352 e.